The summed E-state index contributed by atoms with van der Waals surface area (Å²) in [7, 11) is 0. The van der Waals surface area contributed by atoms with Crippen LogP contribution in [0.15, 0.2) is 6.20 Å². The molecule has 1 aliphatic carbocycles. The molecule has 21 heavy (non-hydrogen) atoms. The monoisotopic (exact) mass is 295 g/mol. The summed E-state index contributed by atoms with van der Waals surface area (Å²) < 4.78 is 0. The first-order valence-electron chi connectivity index (χ1n) is 6.56. The zero-order valence-electron chi connectivity index (χ0n) is 11.3. The van der Waals surface area contributed by atoms with Crippen molar-refractivity contribution in [2.45, 2.75) is 31.2 Å². The first-order chi connectivity index (χ1) is 9.93. The molecular weight excluding hydrogens is 278 g/mol. The number of primary amides is 1. The summed E-state index contributed by atoms with van der Waals surface area (Å²) in [5.41, 5.74) is 4.29. The number of hydrogen-bond acceptors (Lipinski definition) is 4. The Kier molecular flexibility index (Phi) is 4.10. The fraction of sp³-hybridized carbons (Fsp3) is 0.500. The molecule has 0 spiro atoms. The normalized spacial score (nSPS) is 15.8. The summed E-state index contributed by atoms with van der Waals surface area (Å²) in [6.45, 7) is 0.149. The van der Waals surface area contributed by atoms with E-state index < -0.39 is 23.4 Å². The molecule has 0 unspecified atom stereocenters. The molecule has 0 atom stereocenters. The molecule has 2 rings (SSSR count). The summed E-state index contributed by atoms with van der Waals surface area (Å²) in [5, 5.41) is 14.2. The number of carboxylic acids is 1. The lowest BCUT2D eigenvalue weighted by molar-refractivity contribution is -0.117. The van der Waals surface area contributed by atoms with Crippen LogP contribution in [-0.4, -0.2) is 39.5 Å². The summed E-state index contributed by atoms with van der Waals surface area (Å²) in [4.78, 5) is 40.0. The molecule has 0 radical (unpaired) electrons. The summed E-state index contributed by atoms with van der Waals surface area (Å²) >= 11 is 0. The van der Waals surface area contributed by atoms with Crippen LogP contribution >= 0.6 is 0 Å². The fourth-order valence-electron chi connectivity index (χ4n) is 2.19. The van der Waals surface area contributed by atoms with Crippen LogP contribution in [0.1, 0.15) is 42.0 Å². The number of rotatable bonds is 6. The van der Waals surface area contributed by atoms with Gasteiger partial charge in [0.25, 0.3) is 0 Å². The lowest BCUT2D eigenvalue weighted by atomic mass is 9.76. The van der Waals surface area contributed by atoms with E-state index in [-0.39, 0.29) is 18.7 Å². The number of H-pyrrole nitrogens is 1. The Morgan fingerprint density at radius 3 is 2.62 bits per heavy atom. The Morgan fingerprint density at radius 1 is 1.43 bits per heavy atom. The van der Waals surface area contributed by atoms with Gasteiger partial charge in [0.15, 0.2) is 0 Å². The van der Waals surface area contributed by atoms with Crippen LogP contribution in [-0.2, 0) is 10.3 Å². The minimum atomic E-state index is -1.10. The standard InChI is InChI=1S/C12H17N5O4/c13-8(18)2-5-14-11(21)17-12(3-1-4-12)10-15-6-7(16-10)9(19)20/h6H,1-5H2,(H2,13,18)(H,15,16)(H,19,20)(H2,14,17,21). The van der Waals surface area contributed by atoms with E-state index in [9.17, 15) is 14.4 Å². The number of aromatic nitrogens is 2. The lowest BCUT2D eigenvalue weighted by Gasteiger charge is -2.40. The molecule has 1 aromatic heterocycles. The average molecular weight is 295 g/mol. The average Bonchev–Trinajstić information content (AvgIpc) is 2.83. The van der Waals surface area contributed by atoms with E-state index in [0.717, 1.165) is 6.42 Å². The molecule has 9 heteroatoms. The maximum absolute atomic E-state index is 11.8. The van der Waals surface area contributed by atoms with Gasteiger partial charge in [0.05, 0.1) is 11.7 Å². The summed E-state index contributed by atoms with van der Waals surface area (Å²) in [6.07, 6.45) is 3.53. The maximum atomic E-state index is 11.8. The smallest absolute Gasteiger partial charge is 0.353 e. The Balaban J connectivity index is 1.99. The number of aromatic carboxylic acids is 1. The van der Waals surface area contributed by atoms with Gasteiger partial charge >= 0.3 is 12.0 Å². The van der Waals surface area contributed by atoms with E-state index in [1.165, 1.54) is 6.20 Å². The van der Waals surface area contributed by atoms with Crippen LogP contribution in [0.5, 0.6) is 0 Å². The van der Waals surface area contributed by atoms with Crippen LogP contribution in [0.4, 0.5) is 4.79 Å². The number of nitrogens with zero attached hydrogens (tertiary/aromatic N) is 1. The van der Waals surface area contributed by atoms with Crippen molar-refractivity contribution in [2.75, 3.05) is 6.54 Å². The molecule has 6 N–H and O–H groups in total. The number of carbonyl (C=O) groups excluding carboxylic acids is 2. The third-order valence-electron chi connectivity index (χ3n) is 3.48. The van der Waals surface area contributed by atoms with Crippen molar-refractivity contribution < 1.29 is 19.5 Å². The van der Waals surface area contributed by atoms with Gasteiger partial charge in [-0.15, -0.1) is 0 Å². The molecule has 0 bridgehead atoms. The molecule has 0 saturated heterocycles. The number of amides is 3. The minimum Gasteiger partial charge on any atom is -0.477 e. The Labute approximate surface area is 120 Å². The molecule has 3 amide bonds. The number of hydrogen-bond donors (Lipinski definition) is 5. The molecule has 1 saturated carbocycles. The van der Waals surface area contributed by atoms with Gasteiger partial charge in [-0.3, -0.25) is 4.79 Å². The van der Waals surface area contributed by atoms with Crippen molar-refractivity contribution in [3.8, 4) is 0 Å². The fourth-order valence-corrected chi connectivity index (χ4v) is 2.19. The van der Waals surface area contributed by atoms with Gasteiger partial charge in [-0.2, -0.15) is 0 Å². The largest absolute Gasteiger partial charge is 0.477 e. The van der Waals surface area contributed by atoms with E-state index in [0.29, 0.717) is 18.7 Å². The highest BCUT2D eigenvalue weighted by Crippen LogP contribution is 2.39. The van der Waals surface area contributed by atoms with Crippen molar-refractivity contribution in [1.82, 2.24) is 20.6 Å². The highest BCUT2D eigenvalue weighted by Gasteiger charge is 2.42. The van der Waals surface area contributed by atoms with E-state index in [1.54, 1.807) is 0 Å². The molecule has 1 heterocycles. The van der Waals surface area contributed by atoms with Gasteiger partial charge in [-0.05, 0) is 19.3 Å². The van der Waals surface area contributed by atoms with Crippen molar-refractivity contribution in [2.24, 2.45) is 5.73 Å². The zero-order chi connectivity index (χ0) is 15.5. The highest BCUT2D eigenvalue weighted by molar-refractivity contribution is 5.85. The van der Waals surface area contributed by atoms with Crippen molar-refractivity contribution in [1.29, 1.82) is 0 Å². The first kappa shape index (κ1) is 14.8. The first-order valence-corrected chi connectivity index (χ1v) is 6.56. The molecule has 0 aliphatic heterocycles. The molecule has 1 aliphatic rings. The minimum absolute atomic E-state index is 0.0211. The Hall–Kier alpha value is -2.58. The predicted octanol–water partition coefficient (Wildman–Crippen LogP) is -0.338. The SMILES string of the molecule is NC(=O)CCNC(=O)NC1(c2ncc(C(=O)O)[nH]2)CCC1. The second kappa shape index (κ2) is 5.81. The summed E-state index contributed by atoms with van der Waals surface area (Å²) in [6, 6.07) is -0.441. The molecule has 1 fully saturated rings. The number of carboxylic acid groups (broad SMARTS) is 1. The van der Waals surface area contributed by atoms with E-state index >= 15 is 0 Å². The molecule has 114 valence electrons. The number of carbonyl (C=O) groups is 3. The van der Waals surface area contributed by atoms with Gasteiger partial charge in [0.2, 0.25) is 5.91 Å². The molecule has 9 nitrogen and oxygen atoms in total. The molecular formula is C12H17N5O4. The zero-order valence-corrected chi connectivity index (χ0v) is 11.3. The molecule has 1 aromatic rings. The number of nitrogens with two attached hydrogens (primary N) is 1. The van der Waals surface area contributed by atoms with Gasteiger partial charge in [-0.1, -0.05) is 0 Å². The number of urea groups is 1. The predicted molar refractivity (Wildman–Crippen MR) is 71.4 cm³/mol. The van der Waals surface area contributed by atoms with E-state index in [4.69, 9.17) is 10.8 Å². The second-order valence-electron chi connectivity index (χ2n) is 4.98. The van der Waals surface area contributed by atoms with E-state index in [1.807, 2.05) is 0 Å². The van der Waals surface area contributed by atoms with Crippen molar-refractivity contribution >= 4 is 17.9 Å². The number of aromatic amines is 1. The van der Waals surface area contributed by atoms with Gasteiger partial charge in [0.1, 0.15) is 11.5 Å². The molecule has 0 aromatic carbocycles. The van der Waals surface area contributed by atoms with Crippen LogP contribution in [0.2, 0.25) is 0 Å². The van der Waals surface area contributed by atoms with Gasteiger partial charge in [0, 0.05) is 13.0 Å². The summed E-state index contributed by atoms with van der Waals surface area (Å²) in [5.74, 6) is -1.17. The number of imidazole rings is 1. The second-order valence-corrected chi connectivity index (χ2v) is 4.98. The van der Waals surface area contributed by atoms with Crippen LogP contribution in [0.25, 0.3) is 0 Å². The Morgan fingerprint density at radius 2 is 2.14 bits per heavy atom. The van der Waals surface area contributed by atoms with Crippen LogP contribution < -0.4 is 16.4 Å². The van der Waals surface area contributed by atoms with Crippen LogP contribution in [0, 0.1) is 0 Å². The quantitative estimate of drug-likeness (QED) is 0.486. The van der Waals surface area contributed by atoms with Crippen LogP contribution in [0.3, 0.4) is 0 Å². The van der Waals surface area contributed by atoms with Crippen molar-refractivity contribution in [3.05, 3.63) is 17.7 Å². The third-order valence-corrected chi connectivity index (χ3v) is 3.48. The third kappa shape index (κ3) is 3.30. The number of nitrogens with one attached hydrogen (secondary N) is 3. The van der Waals surface area contributed by atoms with Crippen molar-refractivity contribution in [3.63, 3.8) is 0 Å². The van der Waals surface area contributed by atoms with Gasteiger partial charge < -0.3 is 26.5 Å². The topological polar surface area (TPSA) is 150 Å². The van der Waals surface area contributed by atoms with Gasteiger partial charge in [-0.25, -0.2) is 14.6 Å². The maximum Gasteiger partial charge on any atom is 0.353 e. The Bertz CT molecular complexity index is 564. The lowest BCUT2D eigenvalue weighted by Crippen LogP contribution is -2.54. The highest BCUT2D eigenvalue weighted by atomic mass is 16.4. The van der Waals surface area contributed by atoms with E-state index in [2.05, 4.69) is 20.6 Å².